The molecule has 3 aromatic rings. The fourth-order valence-corrected chi connectivity index (χ4v) is 5.23. The number of aliphatic hydroxyl groups excluding tert-OH is 1. The van der Waals surface area contributed by atoms with Gasteiger partial charge < -0.3 is 24.4 Å². The van der Waals surface area contributed by atoms with E-state index in [4.69, 9.17) is 9.47 Å². The minimum atomic E-state index is -0.511. The number of β-amino-alcohol motifs (C(OH)–C–C–N with tert-alkyl or cyclic N) is 1. The maximum Gasteiger partial charge on any atom is 0.119 e. The summed E-state index contributed by atoms with van der Waals surface area (Å²) in [6.45, 7) is 6.70. The van der Waals surface area contributed by atoms with Gasteiger partial charge in [-0.3, -0.25) is 4.90 Å². The summed E-state index contributed by atoms with van der Waals surface area (Å²) in [5.41, 5.74) is 5.18. The van der Waals surface area contributed by atoms with Crippen molar-refractivity contribution >= 4 is 11.4 Å². The Hall–Kier alpha value is -3.22. The average molecular weight is 488 g/mol. The Morgan fingerprint density at radius 2 is 1.61 bits per heavy atom. The second-order valence-corrected chi connectivity index (χ2v) is 9.75. The zero-order valence-electron chi connectivity index (χ0n) is 21.2. The van der Waals surface area contributed by atoms with Gasteiger partial charge in [0, 0.05) is 57.2 Å². The third-order valence-corrected chi connectivity index (χ3v) is 7.20. The molecule has 2 aliphatic rings. The molecule has 1 atom stereocenters. The molecule has 2 heterocycles. The van der Waals surface area contributed by atoms with Gasteiger partial charge in [0.25, 0.3) is 0 Å². The van der Waals surface area contributed by atoms with Crippen molar-refractivity contribution in [3.8, 4) is 11.5 Å². The van der Waals surface area contributed by atoms with E-state index in [1.807, 2.05) is 18.2 Å². The predicted octanol–water partition coefficient (Wildman–Crippen LogP) is 4.21. The van der Waals surface area contributed by atoms with Crippen LogP contribution in [0, 0.1) is 0 Å². The van der Waals surface area contributed by atoms with Gasteiger partial charge in [0.1, 0.15) is 24.2 Å². The molecule has 0 aromatic heterocycles. The number of rotatable bonds is 9. The summed E-state index contributed by atoms with van der Waals surface area (Å²) in [5.74, 6) is 1.72. The van der Waals surface area contributed by atoms with Crippen LogP contribution >= 0.6 is 0 Å². The van der Waals surface area contributed by atoms with Crippen molar-refractivity contribution in [2.24, 2.45) is 0 Å². The minimum absolute atomic E-state index is 0.311. The molecule has 6 heteroatoms. The van der Waals surface area contributed by atoms with Crippen LogP contribution in [0.2, 0.25) is 0 Å². The fraction of sp³-hybridized carbons (Fsp3) is 0.400. The molecule has 2 aliphatic heterocycles. The van der Waals surface area contributed by atoms with Gasteiger partial charge in [-0.1, -0.05) is 30.3 Å². The van der Waals surface area contributed by atoms with Gasteiger partial charge in [-0.15, -0.1) is 0 Å². The number of hydrogen-bond donors (Lipinski definition) is 1. The van der Waals surface area contributed by atoms with Gasteiger partial charge in [0.2, 0.25) is 0 Å². The molecule has 1 N–H and O–H groups in total. The predicted molar refractivity (Wildman–Crippen MR) is 145 cm³/mol. The molecule has 190 valence electrons. The van der Waals surface area contributed by atoms with E-state index in [9.17, 15) is 5.11 Å². The van der Waals surface area contributed by atoms with Crippen LogP contribution in [0.1, 0.15) is 17.5 Å². The Labute approximate surface area is 214 Å². The number of methoxy groups -OCH3 is 1. The van der Waals surface area contributed by atoms with Crippen molar-refractivity contribution in [3.05, 3.63) is 83.9 Å². The lowest BCUT2D eigenvalue weighted by atomic mass is 10.0. The number of nitrogens with zero attached hydrogens (tertiary/aromatic N) is 3. The lowest BCUT2D eigenvalue weighted by Gasteiger charge is -2.37. The van der Waals surface area contributed by atoms with Crippen molar-refractivity contribution in [2.75, 3.05) is 62.8 Å². The molecule has 0 radical (unpaired) electrons. The average Bonchev–Trinajstić information content (AvgIpc) is 2.93. The third kappa shape index (κ3) is 6.12. The standard InChI is InChI=1S/C30H37N3O3/c1-35-28-11-9-26(10-12-28)32-18-16-31(17-19-32)22-27(34)23-36-29-13-14-30-25(20-29)8-5-15-33(30)21-24-6-3-2-4-7-24/h2-4,6-7,9-14,20,27,34H,5,8,15-19,21-23H2,1H3. The highest BCUT2D eigenvalue weighted by Gasteiger charge is 2.21. The molecule has 6 nitrogen and oxygen atoms in total. The summed E-state index contributed by atoms with van der Waals surface area (Å²) in [6.07, 6.45) is 1.70. The highest BCUT2D eigenvalue weighted by molar-refractivity contribution is 5.58. The molecular weight excluding hydrogens is 450 g/mol. The van der Waals surface area contributed by atoms with Gasteiger partial charge in [0.05, 0.1) is 7.11 Å². The molecule has 0 amide bonds. The van der Waals surface area contributed by atoms with Crippen molar-refractivity contribution in [3.63, 3.8) is 0 Å². The smallest absolute Gasteiger partial charge is 0.119 e. The molecular formula is C30H37N3O3. The van der Waals surface area contributed by atoms with E-state index < -0.39 is 6.10 Å². The first kappa shape index (κ1) is 24.5. The summed E-state index contributed by atoms with van der Waals surface area (Å²) in [6, 6.07) is 25.2. The Bertz CT molecular complexity index is 1100. The van der Waals surface area contributed by atoms with Crippen molar-refractivity contribution in [2.45, 2.75) is 25.5 Å². The number of ether oxygens (including phenoxy) is 2. The lowest BCUT2D eigenvalue weighted by molar-refractivity contribution is 0.0663. The Morgan fingerprint density at radius 1 is 0.861 bits per heavy atom. The highest BCUT2D eigenvalue weighted by Crippen LogP contribution is 2.31. The molecule has 0 aliphatic carbocycles. The second kappa shape index (κ2) is 11.7. The normalized spacial score (nSPS) is 16.9. The maximum atomic E-state index is 10.6. The van der Waals surface area contributed by atoms with Gasteiger partial charge in [-0.05, 0) is 66.4 Å². The van der Waals surface area contributed by atoms with Crippen molar-refractivity contribution in [1.82, 2.24) is 4.90 Å². The topological polar surface area (TPSA) is 48.4 Å². The first-order valence-corrected chi connectivity index (χ1v) is 13.0. The van der Waals surface area contributed by atoms with E-state index in [-0.39, 0.29) is 0 Å². The summed E-state index contributed by atoms with van der Waals surface area (Å²) in [5, 5.41) is 10.6. The number of aryl methyl sites for hydroxylation is 1. The van der Waals surface area contributed by atoms with Gasteiger partial charge in [-0.25, -0.2) is 0 Å². The number of fused-ring (bicyclic) bond motifs is 1. The summed E-state index contributed by atoms with van der Waals surface area (Å²) < 4.78 is 11.3. The molecule has 36 heavy (non-hydrogen) atoms. The Kier molecular flexibility index (Phi) is 7.94. The first-order chi connectivity index (χ1) is 17.7. The van der Waals surface area contributed by atoms with Crippen LogP contribution in [0.4, 0.5) is 11.4 Å². The van der Waals surface area contributed by atoms with Crippen LogP contribution in [0.25, 0.3) is 0 Å². The zero-order chi connectivity index (χ0) is 24.7. The van der Waals surface area contributed by atoms with E-state index in [1.54, 1.807) is 7.11 Å². The van der Waals surface area contributed by atoms with Crippen LogP contribution in [0.3, 0.4) is 0 Å². The first-order valence-electron chi connectivity index (χ1n) is 13.0. The van der Waals surface area contributed by atoms with Crippen molar-refractivity contribution < 1.29 is 14.6 Å². The van der Waals surface area contributed by atoms with Crippen LogP contribution in [-0.2, 0) is 13.0 Å². The van der Waals surface area contributed by atoms with Crippen molar-refractivity contribution in [1.29, 1.82) is 0 Å². The summed E-state index contributed by atoms with van der Waals surface area (Å²) in [7, 11) is 1.69. The number of anilines is 2. The molecule has 0 bridgehead atoms. The number of aliphatic hydroxyl groups is 1. The van der Waals surface area contributed by atoms with Crippen LogP contribution < -0.4 is 19.3 Å². The van der Waals surface area contributed by atoms with Gasteiger partial charge in [-0.2, -0.15) is 0 Å². The largest absolute Gasteiger partial charge is 0.497 e. The third-order valence-electron chi connectivity index (χ3n) is 7.20. The molecule has 3 aromatic carbocycles. The van der Waals surface area contributed by atoms with Gasteiger partial charge >= 0.3 is 0 Å². The molecule has 0 saturated carbocycles. The van der Waals surface area contributed by atoms with E-state index in [0.29, 0.717) is 13.2 Å². The van der Waals surface area contributed by atoms with E-state index in [0.717, 1.165) is 63.6 Å². The number of piperazine rings is 1. The molecule has 1 saturated heterocycles. The monoisotopic (exact) mass is 487 g/mol. The zero-order valence-corrected chi connectivity index (χ0v) is 21.2. The maximum absolute atomic E-state index is 10.6. The van der Waals surface area contributed by atoms with Crippen LogP contribution in [-0.4, -0.2) is 69.1 Å². The second-order valence-electron chi connectivity index (χ2n) is 9.75. The SMILES string of the molecule is COc1ccc(N2CCN(CC(O)COc3ccc4c(c3)CCCN4Cc3ccccc3)CC2)cc1. The Balaban J connectivity index is 1.09. The quantitative estimate of drug-likeness (QED) is 0.488. The van der Waals surface area contributed by atoms with Crippen LogP contribution in [0.5, 0.6) is 11.5 Å². The molecule has 0 spiro atoms. The number of benzene rings is 3. The van der Waals surface area contributed by atoms with E-state index in [2.05, 4.69) is 69.3 Å². The van der Waals surface area contributed by atoms with Crippen LogP contribution in [0.15, 0.2) is 72.8 Å². The molecule has 1 fully saturated rings. The number of hydrogen-bond acceptors (Lipinski definition) is 6. The summed E-state index contributed by atoms with van der Waals surface area (Å²) in [4.78, 5) is 7.16. The Morgan fingerprint density at radius 3 is 2.36 bits per heavy atom. The molecule has 1 unspecified atom stereocenters. The summed E-state index contributed by atoms with van der Waals surface area (Å²) >= 11 is 0. The van der Waals surface area contributed by atoms with E-state index >= 15 is 0 Å². The fourth-order valence-electron chi connectivity index (χ4n) is 5.23. The van der Waals surface area contributed by atoms with Gasteiger partial charge in [0.15, 0.2) is 0 Å². The minimum Gasteiger partial charge on any atom is -0.497 e. The molecule has 5 rings (SSSR count). The lowest BCUT2D eigenvalue weighted by Crippen LogP contribution is -2.49. The van der Waals surface area contributed by atoms with E-state index in [1.165, 1.54) is 22.5 Å². The highest BCUT2D eigenvalue weighted by atomic mass is 16.5.